The van der Waals surface area contributed by atoms with Crippen LogP contribution in [0.3, 0.4) is 0 Å². The lowest BCUT2D eigenvalue weighted by Gasteiger charge is -2.38. The summed E-state index contributed by atoms with van der Waals surface area (Å²) in [7, 11) is 0. The number of carbonyl (C=O) groups excluding carboxylic acids is 1. The van der Waals surface area contributed by atoms with Crippen LogP contribution in [0.25, 0.3) is 0 Å². The molecule has 0 aliphatic carbocycles. The van der Waals surface area contributed by atoms with Gasteiger partial charge in [0.05, 0.1) is 6.10 Å². The number of piperazine rings is 1. The average molecular weight is 268 g/mol. The molecule has 0 saturated carbocycles. The fourth-order valence-corrected chi connectivity index (χ4v) is 2.08. The Balaban J connectivity index is 2.33. The van der Waals surface area contributed by atoms with Crippen LogP contribution in [0, 0.1) is 5.41 Å². The summed E-state index contributed by atoms with van der Waals surface area (Å²) in [4.78, 5) is 16.0. The largest absolute Gasteiger partial charge is 0.391 e. The van der Waals surface area contributed by atoms with Crippen LogP contribution >= 0.6 is 0 Å². The highest BCUT2D eigenvalue weighted by Gasteiger charge is 2.27. The molecule has 1 amide bonds. The highest BCUT2D eigenvalue weighted by molar-refractivity contribution is 5.76. The molecule has 1 atom stereocenters. The normalized spacial score (nSPS) is 19.3. The first kappa shape index (κ1) is 16.2. The second-order valence-corrected chi connectivity index (χ2v) is 6.39. The second kappa shape index (κ2) is 7.06. The van der Waals surface area contributed by atoms with Gasteiger partial charge in [-0.05, 0) is 11.8 Å². The van der Waals surface area contributed by atoms with Crippen molar-refractivity contribution < 1.29 is 9.90 Å². The van der Waals surface area contributed by atoms with E-state index in [0.29, 0.717) is 13.0 Å². The molecule has 1 fully saturated rings. The van der Waals surface area contributed by atoms with Crippen LogP contribution in [0.1, 0.15) is 33.6 Å². The van der Waals surface area contributed by atoms with Gasteiger partial charge in [-0.1, -0.05) is 26.8 Å². The summed E-state index contributed by atoms with van der Waals surface area (Å²) in [6.45, 7) is 13.7. The third kappa shape index (κ3) is 5.33. The molecule has 1 N–H and O–H groups in total. The van der Waals surface area contributed by atoms with Gasteiger partial charge in [-0.2, -0.15) is 0 Å². The quantitative estimate of drug-likeness (QED) is 0.769. The first-order chi connectivity index (χ1) is 8.84. The summed E-state index contributed by atoms with van der Waals surface area (Å²) in [5.41, 5.74) is -0.0864. The molecule has 110 valence electrons. The van der Waals surface area contributed by atoms with E-state index < -0.39 is 0 Å². The lowest BCUT2D eigenvalue weighted by molar-refractivity contribution is -0.133. The number of hydrogen-bond donors (Lipinski definition) is 1. The van der Waals surface area contributed by atoms with Crippen molar-refractivity contribution in [3.63, 3.8) is 0 Å². The smallest absolute Gasteiger partial charge is 0.222 e. The van der Waals surface area contributed by atoms with E-state index in [1.807, 2.05) is 25.7 Å². The van der Waals surface area contributed by atoms with Crippen LogP contribution in [0.5, 0.6) is 0 Å². The van der Waals surface area contributed by atoms with Crippen LogP contribution in [-0.4, -0.2) is 59.6 Å². The number of aliphatic hydroxyl groups excluding tert-OH is 1. The number of allylic oxidation sites excluding steroid dienone is 1. The number of rotatable bonds is 5. The van der Waals surface area contributed by atoms with Crippen molar-refractivity contribution in [1.29, 1.82) is 0 Å². The van der Waals surface area contributed by atoms with Crippen LogP contribution in [0.2, 0.25) is 0 Å². The van der Waals surface area contributed by atoms with Gasteiger partial charge in [-0.3, -0.25) is 9.69 Å². The fourth-order valence-electron chi connectivity index (χ4n) is 2.08. The molecule has 1 saturated heterocycles. The van der Waals surface area contributed by atoms with E-state index in [1.165, 1.54) is 0 Å². The third-order valence-electron chi connectivity index (χ3n) is 3.72. The van der Waals surface area contributed by atoms with Crippen molar-refractivity contribution in [2.45, 2.75) is 39.7 Å². The summed E-state index contributed by atoms with van der Waals surface area (Å²) in [5, 5.41) is 10.1. The number of hydrogen-bond acceptors (Lipinski definition) is 3. The molecule has 1 aliphatic heterocycles. The van der Waals surface area contributed by atoms with E-state index in [1.54, 1.807) is 6.08 Å². The van der Waals surface area contributed by atoms with Gasteiger partial charge in [0.2, 0.25) is 5.91 Å². The molecule has 1 unspecified atom stereocenters. The molecule has 4 heteroatoms. The highest BCUT2D eigenvalue weighted by atomic mass is 16.3. The Labute approximate surface area is 117 Å². The van der Waals surface area contributed by atoms with E-state index in [-0.39, 0.29) is 17.4 Å². The van der Waals surface area contributed by atoms with Crippen LogP contribution in [0.15, 0.2) is 12.7 Å². The van der Waals surface area contributed by atoms with Gasteiger partial charge >= 0.3 is 0 Å². The van der Waals surface area contributed by atoms with Crippen molar-refractivity contribution >= 4 is 5.91 Å². The molecular formula is C15H28N2O2. The van der Waals surface area contributed by atoms with Gasteiger partial charge in [0, 0.05) is 39.1 Å². The van der Waals surface area contributed by atoms with Gasteiger partial charge in [0.1, 0.15) is 0 Å². The SMILES string of the molecule is C=CCCC(=O)N1CCN(CC(O)C(C)(C)C)CC1. The standard InChI is InChI=1S/C15H28N2O2/c1-5-6-7-14(19)17-10-8-16(9-11-17)12-13(18)15(2,3)4/h5,13,18H,1,6-12H2,2-4H3. The van der Waals surface area contributed by atoms with Crippen LogP contribution in [-0.2, 0) is 4.79 Å². The Morgan fingerprint density at radius 2 is 1.89 bits per heavy atom. The van der Waals surface area contributed by atoms with Crippen molar-refractivity contribution in [2.24, 2.45) is 5.41 Å². The number of aliphatic hydroxyl groups is 1. The van der Waals surface area contributed by atoms with Crippen molar-refractivity contribution in [2.75, 3.05) is 32.7 Å². The summed E-state index contributed by atoms with van der Waals surface area (Å²) < 4.78 is 0. The molecule has 0 aromatic heterocycles. The van der Waals surface area contributed by atoms with E-state index in [9.17, 15) is 9.90 Å². The molecule has 19 heavy (non-hydrogen) atoms. The van der Waals surface area contributed by atoms with E-state index in [0.717, 1.165) is 32.6 Å². The Morgan fingerprint density at radius 3 is 2.37 bits per heavy atom. The lowest BCUT2D eigenvalue weighted by Crippen LogP contribution is -2.51. The number of β-amino-alcohol motifs (C(OH)–C–C–N with tert-alkyl or cyclic N) is 1. The minimum absolute atomic E-state index is 0.0864. The predicted molar refractivity (Wildman–Crippen MR) is 77.9 cm³/mol. The summed E-state index contributed by atoms with van der Waals surface area (Å²) in [6.07, 6.45) is 2.78. The molecule has 0 bridgehead atoms. The Kier molecular flexibility index (Phi) is 6.01. The third-order valence-corrected chi connectivity index (χ3v) is 3.72. The summed E-state index contributed by atoms with van der Waals surface area (Å²) in [6, 6.07) is 0. The molecule has 0 aromatic carbocycles. The van der Waals surface area contributed by atoms with Crippen molar-refractivity contribution in [3.8, 4) is 0 Å². The van der Waals surface area contributed by atoms with Gasteiger partial charge in [0.15, 0.2) is 0 Å². The zero-order valence-corrected chi connectivity index (χ0v) is 12.6. The first-order valence-electron chi connectivity index (χ1n) is 7.13. The highest BCUT2D eigenvalue weighted by Crippen LogP contribution is 2.20. The van der Waals surface area contributed by atoms with Gasteiger partial charge in [0.25, 0.3) is 0 Å². The van der Waals surface area contributed by atoms with Crippen molar-refractivity contribution in [1.82, 2.24) is 9.80 Å². The Morgan fingerprint density at radius 1 is 1.32 bits per heavy atom. The maximum atomic E-state index is 11.9. The monoisotopic (exact) mass is 268 g/mol. The molecule has 0 aromatic rings. The maximum absolute atomic E-state index is 11.9. The molecule has 0 spiro atoms. The predicted octanol–water partition coefficient (Wildman–Crippen LogP) is 1.50. The maximum Gasteiger partial charge on any atom is 0.222 e. The number of amides is 1. The molecule has 1 rings (SSSR count). The fraction of sp³-hybridized carbons (Fsp3) is 0.800. The zero-order valence-electron chi connectivity index (χ0n) is 12.6. The molecular weight excluding hydrogens is 240 g/mol. The molecule has 1 aliphatic rings. The summed E-state index contributed by atoms with van der Waals surface area (Å²) in [5.74, 6) is 0.218. The Hall–Kier alpha value is -0.870. The zero-order chi connectivity index (χ0) is 14.5. The van der Waals surface area contributed by atoms with Crippen LogP contribution in [0.4, 0.5) is 0 Å². The van der Waals surface area contributed by atoms with E-state index in [4.69, 9.17) is 0 Å². The number of carbonyl (C=O) groups is 1. The molecule has 0 radical (unpaired) electrons. The average Bonchev–Trinajstić information content (AvgIpc) is 2.35. The van der Waals surface area contributed by atoms with Gasteiger partial charge < -0.3 is 10.0 Å². The first-order valence-corrected chi connectivity index (χ1v) is 7.13. The van der Waals surface area contributed by atoms with E-state index >= 15 is 0 Å². The minimum Gasteiger partial charge on any atom is -0.391 e. The topological polar surface area (TPSA) is 43.8 Å². The number of nitrogens with zero attached hydrogens (tertiary/aromatic N) is 2. The van der Waals surface area contributed by atoms with Crippen LogP contribution < -0.4 is 0 Å². The second-order valence-electron chi connectivity index (χ2n) is 6.39. The Bertz CT molecular complexity index is 302. The molecule has 1 heterocycles. The van der Waals surface area contributed by atoms with Gasteiger partial charge in [-0.25, -0.2) is 0 Å². The van der Waals surface area contributed by atoms with Crippen molar-refractivity contribution in [3.05, 3.63) is 12.7 Å². The molecule has 4 nitrogen and oxygen atoms in total. The minimum atomic E-state index is -0.324. The van der Waals surface area contributed by atoms with E-state index in [2.05, 4.69) is 11.5 Å². The van der Waals surface area contributed by atoms with Gasteiger partial charge in [-0.15, -0.1) is 6.58 Å². The lowest BCUT2D eigenvalue weighted by atomic mass is 9.89. The summed E-state index contributed by atoms with van der Waals surface area (Å²) >= 11 is 0.